The lowest BCUT2D eigenvalue weighted by molar-refractivity contribution is -0.137. The highest BCUT2D eigenvalue weighted by Crippen LogP contribution is 2.27. The fourth-order valence-corrected chi connectivity index (χ4v) is 6.38. The molecule has 1 aromatic carbocycles. The summed E-state index contributed by atoms with van der Waals surface area (Å²) in [6, 6.07) is 12.4. The zero-order valence-corrected chi connectivity index (χ0v) is 17.6. The van der Waals surface area contributed by atoms with E-state index < -0.39 is 20.5 Å². The number of cyclic esters (lactones) is 1. The minimum atomic E-state index is -2.00. The van der Waals surface area contributed by atoms with Crippen molar-refractivity contribution in [2.45, 2.75) is 63.9 Å². The Hall–Kier alpha value is -1.92. The van der Waals surface area contributed by atoms with E-state index in [0.29, 0.717) is 12.8 Å². The lowest BCUT2D eigenvalue weighted by atomic mass is 10.1. The topological polar surface area (TPSA) is 55.8 Å². The van der Waals surface area contributed by atoms with E-state index >= 15 is 0 Å². The molecule has 0 aromatic heterocycles. The molecule has 27 heavy (non-hydrogen) atoms. The van der Waals surface area contributed by atoms with Crippen LogP contribution in [0.25, 0.3) is 0 Å². The lowest BCUT2D eigenvalue weighted by Crippen LogP contribution is -2.50. The molecule has 2 rings (SSSR count). The van der Waals surface area contributed by atoms with E-state index in [1.165, 1.54) is 4.90 Å². The van der Waals surface area contributed by atoms with Crippen molar-refractivity contribution in [2.24, 2.45) is 0 Å². The minimum absolute atomic E-state index is 0.220. The van der Waals surface area contributed by atoms with E-state index in [1.807, 2.05) is 30.3 Å². The van der Waals surface area contributed by atoms with Crippen LogP contribution in [-0.2, 0) is 20.4 Å². The lowest BCUT2D eigenvalue weighted by Gasteiger charge is -2.34. The number of carbonyl (C=O) groups excluding carboxylic acids is 2. The van der Waals surface area contributed by atoms with Crippen molar-refractivity contribution >= 4 is 20.3 Å². The number of ether oxygens (including phenoxy) is 1. The Morgan fingerprint density at radius 1 is 1.30 bits per heavy atom. The molecule has 2 atom stereocenters. The first-order valence-electron chi connectivity index (χ1n) is 9.82. The van der Waals surface area contributed by atoms with Crippen LogP contribution < -0.4 is 0 Å². The van der Waals surface area contributed by atoms with E-state index in [4.69, 9.17) is 9.16 Å². The van der Waals surface area contributed by atoms with Crippen molar-refractivity contribution in [1.82, 2.24) is 4.90 Å². The SMILES string of the molecule is C=CC[C@H](O[Si](CC)(CC)CC)C(=O)N1C(=O)OC[C@@H]1Cc1ccccc1. The summed E-state index contributed by atoms with van der Waals surface area (Å²) < 4.78 is 11.6. The fraction of sp³-hybridized carbons (Fsp3) is 0.524. The second-order valence-electron chi connectivity index (χ2n) is 7.00. The smallest absolute Gasteiger partial charge is 0.417 e. The summed E-state index contributed by atoms with van der Waals surface area (Å²) in [7, 11) is -2.00. The van der Waals surface area contributed by atoms with Gasteiger partial charge in [0, 0.05) is 0 Å². The van der Waals surface area contributed by atoms with Crippen molar-refractivity contribution < 1.29 is 18.8 Å². The first-order chi connectivity index (χ1) is 13.0. The standard InChI is InChI=1S/C21H31NO4Si/c1-5-12-19(26-27(6-2,7-3)8-4)20(23)22-18(16-25-21(22)24)15-17-13-10-9-11-14-17/h5,9-11,13-14,18-19H,1,6-8,12,15-16H2,2-4H3/t18-,19-/m0/s1. The van der Waals surface area contributed by atoms with Crippen LogP contribution in [0.5, 0.6) is 0 Å². The largest absolute Gasteiger partial charge is 0.447 e. The van der Waals surface area contributed by atoms with Crippen LogP contribution in [0.1, 0.15) is 32.8 Å². The van der Waals surface area contributed by atoms with Gasteiger partial charge < -0.3 is 9.16 Å². The summed E-state index contributed by atoms with van der Waals surface area (Å²) >= 11 is 0. The zero-order chi connectivity index (χ0) is 19.9. The monoisotopic (exact) mass is 389 g/mol. The molecule has 0 saturated carbocycles. The highest BCUT2D eigenvalue weighted by molar-refractivity contribution is 6.73. The average molecular weight is 390 g/mol. The van der Waals surface area contributed by atoms with E-state index in [0.717, 1.165) is 23.7 Å². The van der Waals surface area contributed by atoms with Crippen LogP contribution in [0.3, 0.4) is 0 Å². The molecular weight excluding hydrogens is 358 g/mol. The van der Waals surface area contributed by atoms with E-state index in [1.54, 1.807) is 6.08 Å². The van der Waals surface area contributed by atoms with Gasteiger partial charge in [-0.3, -0.25) is 4.79 Å². The Morgan fingerprint density at radius 2 is 1.93 bits per heavy atom. The summed E-state index contributed by atoms with van der Waals surface area (Å²) in [5.41, 5.74) is 1.07. The maximum Gasteiger partial charge on any atom is 0.417 e. The number of imide groups is 1. The molecular formula is C21H31NO4Si. The Bertz CT molecular complexity index is 637. The van der Waals surface area contributed by atoms with Crippen molar-refractivity contribution in [3.8, 4) is 0 Å². The van der Waals surface area contributed by atoms with Crippen LogP contribution in [0.15, 0.2) is 43.0 Å². The summed E-state index contributed by atoms with van der Waals surface area (Å²) in [5.74, 6) is -0.300. The highest BCUT2D eigenvalue weighted by atomic mass is 28.4. The second kappa shape index (κ2) is 9.85. The Kier molecular flexibility index (Phi) is 7.80. The van der Waals surface area contributed by atoms with E-state index in [9.17, 15) is 9.59 Å². The molecule has 1 fully saturated rings. The molecule has 2 amide bonds. The number of hydrogen-bond donors (Lipinski definition) is 0. The predicted molar refractivity (Wildman–Crippen MR) is 109 cm³/mol. The molecule has 148 valence electrons. The quantitative estimate of drug-likeness (QED) is 0.435. The summed E-state index contributed by atoms with van der Waals surface area (Å²) in [5, 5.41) is 0. The molecule has 1 aromatic rings. The van der Waals surface area contributed by atoms with Gasteiger partial charge in [0.05, 0.1) is 6.04 Å². The van der Waals surface area contributed by atoms with Gasteiger partial charge in [-0.1, -0.05) is 57.2 Å². The van der Waals surface area contributed by atoms with Crippen molar-refractivity contribution in [3.05, 3.63) is 48.6 Å². The number of hydrogen-bond acceptors (Lipinski definition) is 4. The minimum Gasteiger partial charge on any atom is -0.447 e. The van der Waals surface area contributed by atoms with Crippen LogP contribution in [0.2, 0.25) is 18.1 Å². The Labute approximate surface area is 163 Å². The molecule has 0 spiro atoms. The molecule has 0 unspecified atom stereocenters. The summed E-state index contributed by atoms with van der Waals surface area (Å²) in [4.78, 5) is 26.8. The first-order valence-corrected chi connectivity index (χ1v) is 12.4. The maximum absolute atomic E-state index is 13.2. The molecule has 1 aliphatic heterocycles. The summed E-state index contributed by atoms with van der Waals surface area (Å²) in [6.07, 6.45) is 1.43. The molecule has 5 nitrogen and oxygen atoms in total. The third-order valence-corrected chi connectivity index (χ3v) is 10.1. The average Bonchev–Trinajstić information content (AvgIpc) is 3.06. The maximum atomic E-state index is 13.2. The molecule has 1 aliphatic rings. The predicted octanol–water partition coefficient (Wildman–Crippen LogP) is 4.54. The molecule has 0 N–H and O–H groups in total. The number of nitrogens with zero attached hydrogens (tertiary/aromatic N) is 1. The van der Waals surface area contributed by atoms with Gasteiger partial charge in [0.1, 0.15) is 12.7 Å². The number of amides is 2. The second-order valence-corrected chi connectivity index (χ2v) is 11.7. The van der Waals surface area contributed by atoms with Gasteiger partial charge in [-0.15, -0.1) is 6.58 Å². The molecule has 0 radical (unpaired) electrons. The van der Waals surface area contributed by atoms with Gasteiger partial charge in [0.2, 0.25) is 0 Å². The Balaban J connectivity index is 2.20. The van der Waals surface area contributed by atoms with Crippen molar-refractivity contribution in [3.63, 3.8) is 0 Å². The van der Waals surface area contributed by atoms with E-state index in [2.05, 4.69) is 27.4 Å². The molecule has 0 bridgehead atoms. The first kappa shape index (κ1) is 21.4. The third-order valence-electron chi connectivity index (χ3n) is 5.49. The normalized spacial score (nSPS) is 18.3. The van der Waals surface area contributed by atoms with Gasteiger partial charge in [0.15, 0.2) is 8.32 Å². The number of rotatable bonds is 10. The van der Waals surface area contributed by atoms with Crippen LogP contribution in [0.4, 0.5) is 4.79 Å². The fourth-order valence-electron chi connectivity index (χ4n) is 3.57. The highest BCUT2D eigenvalue weighted by Gasteiger charge is 2.43. The van der Waals surface area contributed by atoms with Crippen molar-refractivity contribution in [1.29, 1.82) is 0 Å². The number of benzene rings is 1. The van der Waals surface area contributed by atoms with Gasteiger partial charge in [0.25, 0.3) is 5.91 Å². The van der Waals surface area contributed by atoms with Gasteiger partial charge >= 0.3 is 6.09 Å². The Morgan fingerprint density at radius 3 is 2.48 bits per heavy atom. The molecule has 1 saturated heterocycles. The van der Waals surface area contributed by atoms with Crippen LogP contribution in [-0.4, -0.2) is 44.0 Å². The summed E-state index contributed by atoms with van der Waals surface area (Å²) in [6.45, 7) is 10.4. The van der Waals surface area contributed by atoms with Crippen molar-refractivity contribution in [2.75, 3.05) is 6.61 Å². The van der Waals surface area contributed by atoms with Gasteiger partial charge in [-0.25, -0.2) is 9.69 Å². The molecule has 6 heteroatoms. The third kappa shape index (κ3) is 5.08. The molecule has 0 aliphatic carbocycles. The van der Waals surface area contributed by atoms with Gasteiger partial charge in [-0.2, -0.15) is 0 Å². The number of carbonyl (C=O) groups is 2. The molecule has 1 heterocycles. The van der Waals surface area contributed by atoms with E-state index in [-0.39, 0.29) is 18.6 Å². The van der Waals surface area contributed by atoms with Gasteiger partial charge in [-0.05, 0) is 36.5 Å². The van der Waals surface area contributed by atoms with Crippen LogP contribution >= 0.6 is 0 Å². The van der Waals surface area contributed by atoms with Crippen LogP contribution in [0, 0.1) is 0 Å². The zero-order valence-electron chi connectivity index (χ0n) is 16.6.